The molecule has 0 N–H and O–H groups in total. The van der Waals surface area contributed by atoms with E-state index in [2.05, 4.69) is 26.0 Å². The molecule has 0 amide bonds. The maximum Gasteiger partial charge on any atom is 0.126 e. The van der Waals surface area contributed by atoms with E-state index in [0.29, 0.717) is 0 Å². The van der Waals surface area contributed by atoms with Gasteiger partial charge in [0.05, 0.1) is 7.11 Å². The molecule has 1 nitrogen and oxygen atoms in total. The lowest BCUT2D eigenvalue weighted by molar-refractivity contribution is 0.413. The zero-order valence-corrected chi connectivity index (χ0v) is 8.35. The first-order valence-corrected chi connectivity index (χ1v) is 4.56. The van der Waals surface area contributed by atoms with E-state index in [9.17, 15) is 0 Å². The van der Waals surface area contributed by atoms with Crippen molar-refractivity contribution in [1.82, 2.24) is 0 Å². The molecule has 0 heterocycles. The van der Waals surface area contributed by atoms with Crippen molar-refractivity contribution in [2.75, 3.05) is 7.11 Å². The zero-order chi connectivity index (χ0) is 9.42. The second-order valence-electron chi connectivity index (χ2n) is 3.58. The maximum atomic E-state index is 5.34. The first-order chi connectivity index (χ1) is 6.24. The van der Waals surface area contributed by atoms with Gasteiger partial charge in [0, 0.05) is 5.56 Å². The number of allylic oxidation sites excluding steroid dienone is 2. The molecule has 0 bridgehead atoms. The van der Waals surface area contributed by atoms with E-state index in [1.165, 1.54) is 22.3 Å². The van der Waals surface area contributed by atoms with Crippen molar-refractivity contribution in [3.63, 3.8) is 0 Å². The Balaban J connectivity index is 2.62. The van der Waals surface area contributed by atoms with Crippen LogP contribution in [0.25, 0.3) is 5.57 Å². The van der Waals surface area contributed by atoms with Crippen LogP contribution in [0.4, 0.5) is 0 Å². The summed E-state index contributed by atoms with van der Waals surface area (Å²) in [6.07, 6.45) is 1.08. The highest BCUT2D eigenvalue weighted by molar-refractivity contribution is 5.78. The molecule has 1 aliphatic carbocycles. The Morgan fingerprint density at radius 3 is 2.69 bits per heavy atom. The quantitative estimate of drug-likeness (QED) is 0.635. The number of hydrogen-bond donors (Lipinski definition) is 0. The molecule has 68 valence electrons. The summed E-state index contributed by atoms with van der Waals surface area (Å²) in [6, 6.07) is 6.27. The summed E-state index contributed by atoms with van der Waals surface area (Å²) >= 11 is 0. The van der Waals surface area contributed by atoms with Gasteiger partial charge in [0.2, 0.25) is 0 Å². The van der Waals surface area contributed by atoms with Crippen molar-refractivity contribution in [3.05, 3.63) is 34.9 Å². The van der Waals surface area contributed by atoms with E-state index >= 15 is 0 Å². The van der Waals surface area contributed by atoms with Crippen LogP contribution in [0, 0.1) is 0 Å². The largest absolute Gasteiger partial charge is 0.496 e. The van der Waals surface area contributed by atoms with Crippen LogP contribution in [-0.2, 0) is 6.42 Å². The maximum absolute atomic E-state index is 5.34. The van der Waals surface area contributed by atoms with Crippen molar-refractivity contribution in [2.45, 2.75) is 20.3 Å². The van der Waals surface area contributed by atoms with Gasteiger partial charge in [-0.25, -0.2) is 0 Å². The lowest BCUT2D eigenvalue weighted by atomic mass is 10.1. The predicted molar refractivity (Wildman–Crippen MR) is 55.0 cm³/mol. The molecule has 0 saturated carbocycles. The van der Waals surface area contributed by atoms with E-state index in [4.69, 9.17) is 4.74 Å². The predicted octanol–water partition coefficient (Wildman–Crippen LogP) is 3.04. The highest BCUT2D eigenvalue weighted by atomic mass is 16.5. The lowest BCUT2D eigenvalue weighted by Gasteiger charge is -2.07. The Morgan fingerprint density at radius 2 is 2.00 bits per heavy atom. The minimum atomic E-state index is 1.01. The van der Waals surface area contributed by atoms with Gasteiger partial charge in [0.1, 0.15) is 5.75 Å². The Labute approximate surface area is 79.0 Å². The van der Waals surface area contributed by atoms with Crippen molar-refractivity contribution in [1.29, 1.82) is 0 Å². The van der Waals surface area contributed by atoms with E-state index in [1.54, 1.807) is 7.11 Å². The highest BCUT2D eigenvalue weighted by Gasteiger charge is 2.18. The van der Waals surface area contributed by atoms with Crippen LogP contribution >= 0.6 is 0 Å². The molecule has 0 saturated heterocycles. The summed E-state index contributed by atoms with van der Waals surface area (Å²) in [6.45, 7) is 4.36. The first kappa shape index (κ1) is 8.36. The smallest absolute Gasteiger partial charge is 0.126 e. The minimum absolute atomic E-state index is 1.01. The number of benzene rings is 1. The van der Waals surface area contributed by atoms with Gasteiger partial charge in [-0.3, -0.25) is 0 Å². The van der Waals surface area contributed by atoms with Gasteiger partial charge in [-0.1, -0.05) is 17.7 Å². The number of rotatable bonds is 1. The van der Waals surface area contributed by atoms with E-state index in [-0.39, 0.29) is 0 Å². The van der Waals surface area contributed by atoms with Crippen LogP contribution in [0.3, 0.4) is 0 Å². The van der Waals surface area contributed by atoms with Gasteiger partial charge in [-0.05, 0) is 37.5 Å². The summed E-state index contributed by atoms with van der Waals surface area (Å²) in [5.41, 5.74) is 5.55. The average Bonchev–Trinajstić information content (AvgIpc) is 2.43. The molecule has 1 aliphatic rings. The van der Waals surface area contributed by atoms with Crippen molar-refractivity contribution >= 4 is 5.57 Å². The molecule has 0 radical (unpaired) electrons. The topological polar surface area (TPSA) is 9.23 Å². The summed E-state index contributed by atoms with van der Waals surface area (Å²) in [4.78, 5) is 0. The Kier molecular flexibility index (Phi) is 1.87. The summed E-state index contributed by atoms with van der Waals surface area (Å²) < 4.78 is 5.34. The summed E-state index contributed by atoms with van der Waals surface area (Å²) in [7, 11) is 1.73. The molecule has 0 fully saturated rings. The fourth-order valence-electron chi connectivity index (χ4n) is 1.95. The number of methoxy groups -OCH3 is 1. The molecular weight excluding hydrogens is 160 g/mol. The number of ether oxygens (including phenoxy) is 1. The van der Waals surface area contributed by atoms with Gasteiger partial charge in [0.25, 0.3) is 0 Å². The molecule has 0 aromatic heterocycles. The molecule has 0 unspecified atom stereocenters. The van der Waals surface area contributed by atoms with Gasteiger partial charge in [-0.15, -0.1) is 0 Å². The van der Waals surface area contributed by atoms with Crippen molar-refractivity contribution < 1.29 is 4.74 Å². The van der Waals surface area contributed by atoms with Gasteiger partial charge >= 0.3 is 0 Å². The SMILES string of the molecule is COc1cccc2c1C(C)=C(C)C2. The van der Waals surface area contributed by atoms with Crippen LogP contribution in [0.15, 0.2) is 23.8 Å². The lowest BCUT2D eigenvalue weighted by Crippen LogP contribution is -1.90. The Hall–Kier alpha value is -1.24. The fraction of sp³-hybridized carbons (Fsp3) is 0.333. The molecule has 1 heteroatoms. The van der Waals surface area contributed by atoms with Crippen LogP contribution in [-0.4, -0.2) is 7.11 Å². The van der Waals surface area contributed by atoms with Crippen LogP contribution in [0.2, 0.25) is 0 Å². The zero-order valence-electron chi connectivity index (χ0n) is 8.35. The van der Waals surface area contributed by atoms with Crippen molar-refractivity contribution in [3.8, 4) is 5.75 Å². The van der Waals surface area contributed by atoms with E-state index in [0.717, 1.165) is 12.2 Å². The second kappa shape index (κ2) is 2.91. The second-order valence-corrected chi connectivity index (χ2v) is 3.58. The molecular formula is C12H14O. The molecule has 2 rings (SSSR count). The minimum Gasteiger partial charge on any atom is -0.496 e. The number of hydrogen-bond acceptors (Lipinski definition) is 1. The molecule has 1 aromatic carbocycles. The summed E-state index contributed by atoms with van der Waals surface area (Å²) in [5.74, 6) is 1.01. The van der Waals surface area contributed by atoms with Gasteiger partial charge < -0.3 is 4.74 Å². The monoisotopic (exact) mass is 174 g/mol. The Morgan fingerprint density at radius 1 is 1.23 bits per heavy atom. The van der Waals surface area contributed by atoms with Crippen LogP contribution in [0.5, 0.6) is 5.75 Å². The van der Waals surface area contributed by atoms with E-state index in [1.807, 2.05) is 6.07 Å². The molecule has 13 heavy (non-hydrogen) atoms. The normalized spacial score (nSPS) is 14.7. The first-order valence-electron chi connectivity index (χ1n) is 4.56. The molecule has 1 aromatic rings. The third kappa shape index (κ3) is 1.15. The highest BCUT2D eigenvalue weighted by Crippen LogP contribution is 2.38. The molecule has 0 aliphatic heterocycles. The molecule has 0 atom stereocenters. The number of fused-ring (bicyclic) bond motifs is 1. The van der Waals surface area contributed by atoms with Gasteiger partial charge in [-0.2, -0.15) is 0 Å². The van der Waals surface area contributed by atoms with Gasteiger partial charge in [0.15, 0.2) is 0 Å². The van der Waals surface area contributed by atoms with Crippen molar-refractivity contribution in [2.24, 2.45) is 0 Å². The fourth-order valence-corrected chi connectivity index (χ4v) is 1.95. The molecule has 0 spiro atoms. The van der Waals surface area contributed by atoms with E-state index < -0.39 is 0 Å². The summed E-state index contributed by atoms with van der Waals surface area (Å²) in [5, 5.41) is 0. The Bertz CT molecular complexity index is 375. The third-order valence-corrected chi connectivity index (χ3v) is 2.80. The van der Waals surface area contributed by atoms with Crippen LogP contribution < -0.4 is 4.74 Å². The van der Waals surface area contributed by atoms with Crippen LogP contribution in [0.1, 0.15) is 25.0 Å². The average molecular weight is 174 g/mol. The third-order valence-electron chi connectivity index (χ3n) is 2.80. The standard InChI is InChI=1S/C12H14O/c1-8-7-10-5-4-6-11(13-3)12(10)9(8)2/h4-6H,7H2,1-3H3.